The number of ether oxygens (including phenoxy) is 1. The van der Waals surface area contributed by atoms with E-state index in [1.807, 2.05) is 18.2 Å². The van der Waals surface area contributed by atoms with Crippen LogP contribution in [0.4, 0.5) is 0 Å². The monoisotopic (exact) mass is 298 g/mol. The molecule has 1 aromatic rings. The third-order valence-electron chi connectivity index (χ3n) is 2.28. The molecule has 0 aliphatic carbocycles. The predicted molar refractivity (Wildman–Crippen MR) is 68.9 cm³/mol. The molecule has 0 saturated heterocycles. The van der Waals surface area contributed by atoms with Gasteiger partial charge in [0.1, 0.15) is 5.78 Å². The highest BCUT2D eigenvalue weighted by molar-refractivity contribution is 9.10. The first-order chi connectivity index (χ1) is 8.04. The normalized spacial score (nSPS) is 10.1. The van der Waals surface area contributed by atoms with Gasteiger partial charge in [0, 0.05) is 10.9 Å². The van der Waals surface area contributed by atoms with E-state index in [9.17, 15) is 9.59 Å². The summed E-state index contributed by atoms with van der Waals surface area (Å²) in [6, 6.07) is 5.58. The molecule has 1 aromatic carbocycles. The van der Waals surface area contributed by atoms with Crippen molar-refractivity contribution in [1.82, 2.24) is 0 Å². The highest BCUT2D eigenvalue weighted by Gasteiger charge is 2.13. The molecule has 0 atom stereocenters. The third-order valence-corrected chi connectivity index (χ3v) is 3.02. The topological polar surface area (TPSA) is 43.4 Å². The van der Waals surface area contributed by atoms with E-state index in [-0.39, 0.29) is 18.2 Å². The minimum Gasteiger partial charge on any atom is -0.466 e. The maximum atomic E-state index is 11.5. The Hall–Kier alpha value is -1.16. The number of rotatable bonds is 5. The summed E-state index contributed by atoms with van der Waals surface area (Å²) in [4.78, 5) is 22.6. The molecule has 0 saturated carbocycles. The number of benzene rings is 1. The zero-order chi connectivity index (χ0) is 12.8. The van der Waals surface area contributed by atoms with Gasteiger partial charge in [-0.05, 0) is 31.0 Å². The van der Waals surface area contributed by atoms with Crippen molar-refractivity contribution < 1.29 is 14.3 Å². The lowest BCUT2D eigenvalue weighted by molar-refractivity contribution is -0.142. The molecule has 0 unspecified atom stereocenters. The Bertz CT molecular complexity index is 427. The number of carbonyl (C=O) groups excluding carboxylic acids is 2. The maximum absolute atomic E-state index is 11.5. The second-order valence-electron chi connectivity index (χ2n) is 3.74. The molecule has 0 heterocycles. The second-order valence-corrected chi connectivity index (χ2v) is 4.59. The molecule has 0 aromatic heterocycles. The first kappa shape index (κ1) is 13.9. The van der Waals surface area contributed by atoms with Crippen molar-refractivity contribution in [3.8, 4) is 0 Å². The molecule has 0 bridgehead atoms. The van der Waals surface area contributed by atoms with E-state index in [0.29, 0.717) is 13.0 Å². The van der Waals surface area contributed by atoms with Crippen LogP contribution in [-0.4, -0.2) is 18.4 Å². The van der Waals surface area contributed by atoms with Crippen LogP contribution in [0.2, 0.25) is 0 Å². The van der Waals surface area contributed by atoms with Gasteiger partial charge in [-0.2, -0.15) is 0 Å². The lowest BCUT2D eigenvalue weighted by atomic mass is 10.0. The van der Waals surface area contributed by atoms with E-state index >= 15 is 0 Å². The number of carbonyl (C=O) groups is 2. The van der Waals surface area contributed by atoms with Crippen molar-refractivity contribution >= 4 is 27.7 Å². The Morgan fingerprint density at radius 2 is 2.00 bits per heavy atom. The van der Waals surface area contributed by atoms with Gasteiger partial charge in [-0.1, -0.05) is 28.1 Å². The summed E-state index contributed by atoms with van der Waals surface area (Å²) in [6.07, 6.45) is 0.534. The van der Waals surface area contributed by atoms with Gasteiger partial charge in [0.05, 0.1) is 13.0 Å². The van der Waals surface area contributed by atoms with Crippen LogP contribution in [0.15, 0.2) is 22.7 Å². The fourth-order valence-electron chi connectivity index (χ4n) is 1.59. The SMILES string of the molecule is CCOC(=O)Cc1c(Br)cccc1CC(C)=O. The highest BCUT2D eigenvalue weighted by Crippen LogP contribution is 2.22. The van der Waals surface area contributed by atoms with Crippen LogP contribution >= 0.6 is 15.9 Å². The van der Waals surface area contributed by atoms with Crippen molar-refractivity contribution in [3.63, 3.8) is 0 Å². The van der Waals surface area contributed by atoms with E-state index in [4.69, 9.17) is 4.74 Å². The molecular formula is C13H15BrO3. The Balaban J connectivity index is 2.95. The number of hydrogen-bond donors (Lipinski definition) is 0. The van der Waals surface area contributed by atoms with Crippen LogP contribution in [0.25, 0.3) is 0 Å². The summed E-state index contributed by atoms with van der Waals surface area (Å²) in [7, 11) is 0. The summed E-state index contributed by atoms with van der Waals surface area (Å²) in [6.45, 7) is 3.68. The van der Waals surface area contributed by atoms with E-state index in [1.165, 1.54) is 6.92 Å². The standard InChI is InChI=1S/C13H15BrO3/c1-3-17-13(16)8-11-10(7-9(2)15)5-4-6-12(11)14/h4-6H,3,7-8H2,1-2H3. The van der Waals surface area contributed by atoms with Crippen molar-refractivity contribution in [2.45, 2.75) is 26.7 Å². The van der Waals surface area contributed by atoms with Crippen LogP contribution in [0.3, 0.4) is 0 Å². The largest absolute Gasteiger partial charge is 0.466 e. The van der Waals surface area contributed by atoms with E-state index in [1.54, 1.807) is 6.92 Å². The van der Waals surface area contributed by atoms with Crippen LogP contribution in [0, 0.1) is 0 Å². The summed E-state index contributed by atoms with van der Waals surface area (Å²) in [5.41, 5.74) is 1.71. The minimum absolute atomic E-state index is 0.0770. The molecular weight excluding hydrogens is 284 g/mol. The molecule has 4 heteroatoms. The maximum Gasteiger partial charge on any atom is 0.310 e. The Kier molecular flexibility index (Phi) is 5.35. The van der Waals surface area contributed by atoms with Gasteiger partial charge < -0.3 is 4.74 Å². The first-order valence-corrected chi connectivity index (χ1v) is 6.25. The van der Waals surface area contributed by atoms with Gasteiger partial charge in [-0.25, -0.2) is 0 Å². The minimum atomic E-state index is -0.274. The lowest BCUT2D eigenvalue weighted by Crippen LogP contribution is -2.11. The molecule has 0 aliphatic heterocycles. The summed E-state index contributed by atoms with van der Waals surface area (Å²) >= 11 is 3.40. The second kappa shape index (κ2) is 6.55. The number of esters is 1. The number of ketones is 1. The van der Waals surface area contributed by atoms with Crippen LogP contribution in [-0.2, 0) is 27.2 Å². The average molecular weight is 299 g/mol. The van der Waals surface area contributed by atoms with Crippen molar-refractivity contribution in [1.29, 1.82) is 0 Å². The van der Waals surface area contributed by atoms with Crippen LogP contribution < -0.4 is 0 Å². The number of halogens is 1. The fourth-order valence-corrected chi connectivity index (χ4v) is 2.14. The van der Waals surface area contributed by atoms with Gasteiger partial charge in [0.15, 0.2) is 0 Å². The van der Waals surface area contributed by atoms with E-state index in [0.717, 1.165) is 15.6 Å². The summed E-state index contributed by atoms with van der Waals surface area (Å²) in [5, 5.41) is 0. The predicted octanol–water partition coefficient (Wildman–Crippen LogP) is 2.69. The molecule has 0 radical (unpaired) electrons. The quantitative estimate of drug-likeness (QED) is 0.785. The van der Waals surface area contributed by atoms with Gasteiger partial charge in [0.2, 0.25) is 0 Å². The van der Waals surface area contributed by atoms with Crippen molar-refractivity contribution in [3.05, 3.63) is 33.8 Å². The number of Topliss-reactive ketones (excluding diaryl/α,β-unsaturated/α-hetero) is 1. The molecule has 17 heavy (non-hydrogen) atoms. The molecule has 92 valence electrons. The highest BCUT2D eigenvalue weighted by atomic mass is 79.9. The number of hydrogen-bond acceptors (Lipinski definition) is 3. The smallest absolute Gasteiger partial charge is 0.310 e. The van der Waals surface area contributed by atoms with E-state index < -0.39 is 0 Å². The zero-order valence-electron chi connectivity index (χ0n) is 9.96. The molecule has 0 fully saturated rings. The average Bonchev–Trinajstić information content (AvgIpc) is 2.23. The first-order valence-electron chi connectivity index (χ1n) is 5.46. The zero-order valence-corrected chi connectivity index (χ0v) is 11.5. The Labute approximate surface area is 109 Å². The Morgan fingerprint density at radius 1 is 1.29 bits per heavy atom. The Morgan fingerprint density at radius 3 is 2.59 bits per heavy atom. The molecule has 0 aliphatic rings. The summed E-state index contributed by atoms with van der Waals surface area (Å²) in [5.74, 6) is -0.197. The van der Waals surface area contributed by atoms with Gasteiger partial charge in [-0.15, -0.1) is 0 Å². The van der Waals surface area contributed by atoms with Crippen LogP contribution in [0.5, 0.6) is 0 Å². The molecule has 0 N–H and O–H groups in total. The van der Waals surface area contributed by atoms with Crippen molar-refractivity contribution in [2.24, 2.45) is 0 Å². The van der Waals surface area contributed by atoms with Gasteiger partial charge in [-0.3, -0.25) is 9.59 Å². The van der Waals surface area contributed by atoms with Gasteiger partial charge >= 0.3 is 5.97 Å². The fraction of sp³-hybridized carbons (Fsp3) is 0.385. The lowest BCUT2D eigenvalue weighted by Gasteiger charge is -2.10. The van der Waals surface area contributed by atoms with Gasteiger partial charge in [0.25, 0.3) is 0 Å². The molecule has 3 nitrogen and oxygen atoms in total. The summed E-state index contributed by atoms with van der Waals surface area (Å²) < 4.78 is 5.75. The van der Waals surface area contributed by atoms with Crippen molar-refractivity contribution in [2.75, 3.05) is 6.61 Å². The molecule has 0 amide bonds. The van der Waals surface area contributed by atoms with Crippen LogP contribution in [0.1, 0.15) is 25.0 Å². The van der Waals surface area contributed by atoms with E-state index in [2.05, 4.69) is 15.9 Å². The molecule has 1 rings (SSSR count). The third kappa shape index (κ3) is 4.30. The molecule has 0 spiro atoms.